The Balaban J connectivity index is 1.40. The Hall–Kier alpha value is -2.73. The fourth-order valence-electron chi connectivity index (χ4n) is 5.64. The van der Waals surface area contributed by atoms with E-state index < -0.39 is 0 Å². The van der Waals surface area contributed by atoms with Gasteiger partial charge in [-0.2, -0.15) is 15.0 Å². The van der Waals surface area contributed by atoms with Gasteiger partial charge >= 0.3 is 0 Å². The molecular formula is C24H38N10O. The van der Waals surface area contributed by atoms with Crippen LogP contribution in [0, 0.1) is 0 Å². The Bertz CT molecular complexity index is 949. The highest BCUT2D eigenvalue weighted by Crippen LogP contribution is 2.32. The summed E-state index contributed by atoms with van der Waals surface area (Å²) in [6.07, 6.45) is 3.50. The lowest BCUT2D eigenvalue weighted by molar-refractivity contribution is 0.439. The summed E-state index contributed by atoms with van der Waals surface area (Å²) >= 11 is 0. The Morgan fingerprint density at radius 1 is 0.686 bits per heavy atom. The van der Waals surface area contributed by atoms with Crippen molar-refractivity contribution in [3.8, 4) is 5.75 Å². The van der Waals surface area contributed by atoms with Crippen molar-refractivity contribution in [2.24, 2.45) is 22.9 Å². The van der Waals surface area contributed by atoms with Crippen LogP contribution in [0.4, 0.5) is 17.8 Å². The smallest absolute Gasteiger partial charge is 0.232 e. The number of rotatable bonds is 4. The van der Waals surface area contributed by atoms with Gasteiger partial charge in [-0.15, -0.1) is 0 Å². The molecule has 11 heteroatoms. The Morgan fingerprint density at radius 2 is 1.14 bits per heavy atom. The minimum atomic E-state index is -0.0164. The highest BCUT2D eigenvalue weighted by atomic mass is 16.3. The van der Waals surface area contributed by atoms with Crippen molar-refractivity contribution < 1.29 is 5.11 Å². The lowest BCUT2D eigenvalue weighted by Crippen LogP contribution is -2.54. The number of phenols is 1. The lowest BCUT2D eigenvalue weighted by atomic mass is 9.89. The van der Waals surface area contributed by atoms with Gasteiger partial charge in [0.05, 0.1) is 0 Å². The van der Waals surface area contributed by atoms with Crippen molar-refractivity contribution in [3.63, 3.8) is 0 Å². The van der Waals surface area contributed by atoms with Gasteiger partial charge < -0.3 is 42.7 Å². The number of piperidine rings is 3. The van der Waals surface area contributed by atoms with E-state index in [1.54, 1.807) is 6.07 Å². The molecule has 9 N–H and O–H groups in total. The Labute approximate surface area is 206 Å². The number of hydrogen-bond acceptors (Lipinski definition) is 11. The molecule has 3 saturated heterocycles. The van der Waals surface area contributed by atoms with Gasteiger partial charge in [-0.1, -0.05) is 12.1 Å². The van der Waals surface area contributed by atoms with E-state index in [0.717, 1.165) is 38.8 Å². The van der Waals surface area contributed by atoms with E-state index in [9.17, 15) is 5.11 Å². The van der Waals surface area contributed by atoms with E-state index in [4.69, 9.17) is 37.9 Å². The van der Waals surface area contributed by atoms with Crippen LogP contribution in [-0.2, 0) is 0 Å². The highest BCUT2D eigenvalue weighted by Gasteiger charge is 2.30. The highest BCUT2D eigenvalue weighted by molar-refractivity contribution is 5.48. The van der Waals surface area contributed by atoms with E-state index in [1.807, 2.05) is 12.1 Å². The summed E-state index contributed by atoms with van der Waals surface area (Å²) in [6.45, 7) is 4.29. The summed E-state index contributed by atoms with van der Waals surface area (Å²) in [5, 5.41) is 9.87. The van der Waals surface area contributed by atoms with E-state index >= 15 is 0 Å². The van der Waals surface area contributed by atoms with E-state index in [2.05, 4.69) is 20.8 Å². The van der Waals surface area contributed by atoms with Crippen LogP contribution in [0.1, 0.15) is 37.2 Å². The molecule has 5 rings (SSSR count). The molecule has 1 aromatic carbocycles. The fourth-order valence-corrected chi connectivity index (χ4v) is 5.64. The van der Waals surface area contributed by atoms with Crippen molar-refractivity contribution in [2.75, 3.05) is 54.0 Å². The lowest BCUT2D eigenvalue weighted by Gasteiger charge is -2.38. The molecule has 4 atom stereocenters. The quantitative estimate of drug-likeness (QED) is 0.387. The molecule has 4 heterocycles. The van der Waals surface area contributed by atoms with Crippen LogP contribution in [0.5, 0.6) is 5.75 Å². The van der Waals surface area contributed by atoms with Crippen LogP contribution in [-0.4, -0.2) is 83.5 Å². The first-order valence-electron chi connectivity index (χ1n) is 12.7. The summed E-state index contributed by atoms with van der Waals surface area (Å²) in [4.78, 5) is 21.0. The van der Waals surface area contributed by atoms with E-state index in [0.29, 0.717) is 55.7 Å². The molecule has 4 unspecified atom stereocenters. The fraction of sp³-hybridized carbons (Fsp3) is 0.625. The molecule has 1 aromatic heterocycles. The van der Waals surface area contributed by atoms with Crippen molar-refractivity contribution in [2.45, 2.75) is 55.8 Å². The second-order valence-electron chi connectivity index (χ2n) is 10.4. The van der Waals surface area contributed by atoms with Gasteiger partial charge in [0, 0.05) is 63.4 Å². The van der Waals surface area contributed by atoms with Crippen LogP contribution in [0.2, 0.25) is 0 Å². The van der Waals surface area contributed by atoms with Gasteiger partial charge in [-0.25, -0.2) is 0 Å². The Kier molecular flexibility index (Phi) is 6.92. The summed E-state index contributed by atoms with van der Waals surface area (Å²) in [5.74, 6) is 2.60. The molecule has 0 bridgehead atoms. The zero-order valence-corrected chi connectivity index (χ0v) is 20.2. The molecule has 0 radical (unpaired) electrons. The van der Waals surface area contributed by atoms with Crippen molar-refractivity contribution in [3.05, 3.63) is 29.8 Å². The molecule has 0 spiro atoms. The number of anilines is 3. The number of nitrogens with two attached hydrogens (primary N) is 4. The van der Waals surface area contributed by atoms with Gasteiger partial charge in [0.1, 0.15) is 5.75 Å². The molecular weight excluding hydrogens is 444 g/mol. The number of aromatic nitrogens is 3. The number of phenolic OH excluding ortho intramolecular Hbond substituents is 1. The first-order valence-corrected chi connectivity index (χ1v) is 12.7. The zero-order chi connectivity index (χ0) is 24.5. The van der Waals surface area contributed by atoms with Gasteiger partial charge in [0.15, 0.2) is 0 Å². The Morgan fingerprint density at radius 3 is 1.60 bits per heavy atom. The van der Waals surface area contributed by atoms with Crippen molar-refractivity contribution in [1.82, 2.24) is 15.0 Å². The average molecular weight is 483 g/mol. The van der Waals surface area contributed by atoms with E-state index in [1.165, 1.54) is 5.56 Å². The van der Waals surface area contributed by atoms with Crippen LogP contribution in [0.3, 0.4) is 0 Å². The number of nitrogens with zero attached hydrogens (tertiary/aromatic N) is 6. The normalized spacial score (nSPS) is 28.4. The molecule has 35 heavy (non-hydrogen) atoms. The van der Waals surface area contributed by atoms with Crippen LogP contribution >= 0.6 is 0 Å². The second-order valence-corrected chi connectivity index (χ2v) is 10.4. The predicted molar refractivity (Wildman–Crippen MR) is 138 cm³/mol. The third-order valence-electron chi connectivity index (χ3n) is 7.32. The first kappa shape index (κ1) is 24.0. The third-order valence-corrected chi connectivity index (χ3v) is 7.32. The number of benzene rings is 1. The summed E-state index contributed by atoms with van der Waals surface area (Å²) in [5.41, 5.74) is 26.2. The molecule has 3 aliphatic rings. The monoisotopic (exact) mass is 482 g/mol. The van der Waals surface area contributed by atoms with Crippen LogP contribution < -0.4 is 37.6 Å². The van der Waals surface area contributed by atoms with Gasteiger partial charge in [0.2, 0.25) is 17.8 Å². The number of hydrogen-bond donors (Lipinski definition) is 5. The third kappa shape index (κ3) is 5.58. The topological polar surface area (TPSA) is 173 Å². The summed E-state index contributed by atoms with van der Waals surface area (Å²) in [6, 6.07) is 7.51. The van der Waals surface area contributed by atoms with Crippen LogP contribution in [0.25, 0.3) is 0 Å². The summed E-state index contributed by atoms with van der Waals surface area (Å²) < 4.78 is 0. The van der Waals surface area contributed by atoms with Gasteiger partial charge in [0.25, 0.3) is 0 Å². The molecule has 0 amide bonds. The minimum Gasteiger partial charge on any atom is -0.508 e. The average Bonchev–Trinajstić information content (AvgIpc) is 2.83. The summed E-state index contributed by atoms with van der Waals surface area (Å²) in [7, 11) is 0. The molecule has 0 saturated carbocycles. The van der Waals surface area contributed by atoms with E-state index in [-0.39, 0.29) is 24.2 Å². The maximum atomic E-state index is 9.87. The molecule has 0 aliphatic carbocycles. The predicted octanol–water partition coefficient (Wildman–Crippen LogP) is -0.309. The number of aromatic hydroxyl groups is 1. The molecule has 190 valence electrons. The molecule has 11 nitrogen and oxygen atoms in total. The largest absolute Gasteiger partial charge is 0.508 e. The minimum absolute atomic E-state index is 0.0164. The molecule has 3 aliphatic heterocycles. The maximum Gasteiger partial charge on any atom is 0.232 e. The maximum absolute atomic E-state index is 9.87. The van der Waals surface area contributed by atoms with Gasteiger partial charge in [-0.05, 0) is 49.3 Å². The first-order chi connectivity index (χ1) is 16.8. The standard InChI is InChI=1S/C24H38N10O/c25-17-9-18(26)12-33(11-17)23-29-22(30-24(31-23)34-13-19(27)10-20(28)14-34)32-6-4-15(5-7-32)16-2-1-3-21(35)8-16/h1-3,8,15,17-20,35H,4-7,9-14,25-28H2. The zero-order valence-electron chi connectivity index (χ0n) is 20.2. The second kappa shape index (κ2) is 10.1. The SMILES string of the molecule is NC1CC(N)CN(c2nc(N3CCC(c4cccc(O)c4)CC3)nc(N3CC(N)CC(N)C3)n2)C1. The molecule has 2 aromatic rings. The van der Waals surface area contributed by atoms with Crippen LogP contribution in [0.15, 0.2) is 24.3 Å². The molecule has 3 fully saturated rings. The van der Waals surface area contributed by atoms with Gasteiger partial charge in [-0.3, -0.25) is 0 Å². The van der Waals surface area contributed by atoms with Crippen molar-refractivity contribution in [1.29, 1.82) is 0 Å². The van der Waals surface area contributed by atoms with Crippen molar-refractivity contribution >= 4 is 17.8 Å².